The predicted octanol–water partition coefficient (Wildman–Crippen LogP) is 3.48. The Balaban J connectivity index is 0.000000414. The number of benzene rings is 1. The topological polar surface area (TPSA) is 150 Å². The summed E-state index contributed by atoms with van der Waals surface area (Å²) < 4.78 is 18.7. The maximum atomic E-state index is 13.2. The average molecular weight is 511 g/mol. The van der Waals surface area contributed by atoms with Crippen molar-refractivity contribution in [3.8, 4) is 0 Å². The highest BCUT2D eigenvalue weighted by Gasteiger charge is 2.15. The molecule has 0 unspecified atom stereocenters. The van der Waals surface area contributed by atoms with Crippen LogP contribution < -0.4 is 15.5 Å². The van der Waals surface area contributed by atoms with Gasteiger partial charge in [0.25, 0.3) is 0 Å². The zero-order valence-corrected chi connectivity index (χ0v) is 20.0. The molecular weight excluding hydrogens is 483 g/mol. The Morgan fingerprint density at radius 2 is 1.68 bits per heavy atom. The lowest BCUT2D eigenvalue weighted by molar-refractivity contribution is -0.134. The molecule has 0 saturated carbocycles. The Morgan fingerprint density at radius 1 is 1.03 bits per heavy atom. The van der Waals surface area contributed by atoms with Gasteiger partial charge >= 0.3 is 11.9 Å². The highest BCUT2D eigenvalue weighted by Crippen LogP contribution is 2.27. The molecule has 1 aliphatic heterocycles. The third kappa shape index (κ3) is 9.18. The van der Waals surface area contributed by atoms with Crippen molar-refractivity contribution in [2.45, 2.75) is 13.0 Å². The number of carboxylic acid groups (broad SMARTS) is 2. The van der Waals surface area contributed by atoms with Crippen LogP contribution in [-0.2, 0) is 14.3 Å². The summed E-state index contributed by atoms with van der Waals surface area (Å²) in [5.74, 6) is -0.749. The Labute approximate surface area is 212 Å². The van der Waals surface area contributed by atoms with Crippen LogP contribution in [0.4, 0.5) is 27.5 Å². The molecule has 2 aromatic heterocycles. The van der Waals surface area contributed by atoms with Crippen molar-refractivity contribution in [3.63, 3.8) is 0 Å². The minimum Gasteiger partial charge on any atom is -0.478 e. The summed E-state index contributed by atoms with van der Waals surface area (Å²) in [5.41, 5.74) is 2.02. The minimum atomic E-state index is -1.26. The van der Waals surface area contributed by atoms with Crippen LogP contribution in [0.1, 0.15) is 18.5 Å². The van der Waals surface area contributed by atoms with Crippen LogP contribution in [0.2, 0.25) is 0 Å². The molecule has 1 aliphatic rings. The second-order valence-corrected chi connectivity index (χ2v) is 7.84. The number of halogens is 1. The number of nitrogens with one attached hydrogen (secondary N) is 2. The van der Waals surface area contributed by atoms with E-state index in [0.29, 0.717) is 37.0 Å². The molecule has 4 N–H and O–H groups in total. The van der Waals surface area contributed by atoms with Gasteiger partial charge in [-0.2, -0.15) is 0 Å². The first-order valence-electron chi connectivity index (χ1n) is 11.3. The monoisotopic (exact) mass is 510 g/mol. The molecule has 3 heterocycles. The normalized spacial score (nSPS) is 13.8. The second-order valence-electron chi connectivity index (χ2n) is 7.84. The van der Waals surface area contributed by atoms with E-state index in [9.17, 15) is 14.0 Å². The lowest BCUT2D eigenvalue weighted by atomic mass is 10.1. The molecule has 1 aromatic carbocycles. The molecule has 0 radical (unpaired) electrons. The first-order chi connectivity index (χ1) is 17.8. The molecular formula is C25H27FN6O5. The fourth-order valence-electron chi connectivity index (χ4n) is 3.35. The third-order valence-electron chi connectivity index (χ3n) is 5.11. The molecule has 1 atom stereocenters. The molecule has 1 fully saturated rings. The van der Waals surface area contributed by atoms with Crippen LogP contribution in [0.3, 0.4) is 0 Å². The third-order valence-corrected chi connectivity index (χ3v) is 5.11. The van der Waals surface area contributed by atoms with Crippen molar-refractivity contribution in [1.82, 2.24) is 15.0 Å². The number of pyridine rings is 1. The Bertz CT molecular complexity index is 1190. The summed E-state index contributed by atoms with van der Waals surface area (Å²) in [4.78, 5) is 34.4. The number of hydrogen-bond donors (Lipinski definition) is 4. The largest absolute Gasteiger partial charge is 0.478 e. The fraction of sp³-hybridized carbons (Fsp3) is 0.240. The number of aliphatic carboxylic acids is 2. The standard InChI is InChI=1S/C21H23FN6O.C4H4O4/c1-15(16-2-4-17(22)5-3-16)25-19-12-18(28-8-10-29-11-9-28)13-20(26-19)27-21-14-23-6-7-24-21;5-3(6)1-2-4(7)8/h2-7,12-15H,8-11H2,1H3,(H2,24,25,26,27);1-2H,(H,5,6)(H,7,8)/b;2-1-/t15-;/m0./s1. The lowest BCUT2D eigenvalue weighted by Gasteiger charge is -2.29. The van der Waals surface area contributed by atoms with Gasteiger partial charge in [-0.15, -0.1) is 0 Å². The number of nitrogens with zero attached hydrogens (tertiary/aromatic N) is 4. The molecule has 0 bridgehead atoms. The van der Waals surface area contributed by atoms with Gasteiger partial charge in [0.2, 0.25) is 0 Å². The van der Waals surface area contributed by atoms with Gasteiger partial charge in [-0.05, 0) is 24.6 Å². The summed E-state index contributed by atoms with van der Waals surface area (Å²) in [5, 5.41) is 22.3. The van der Waals surface area contributed by atoms with E-state index in [-0.39, 0.29) is 11.9 Å². The maximum absolute atomic E-state index is 13.2. The van der Waals surface area contributed by atoms with Gasteiger partial charge in [0, 0.05) is 61.5 Å². The first-order valence-corrected chi connectivity index (χ1v) is 11.3. The lowest BCUT2D eigenvalue weighted by Crippen LogP contribution is -2.36. The van der Waals surface area contributed by atoms with Gasteiger partial charge in [0.15, 0.2) is 0 Å². The number of ether oxygens (including phenoxy) is 1. The molecule has 194 valence electrons. The van der Waals surface area contributed by atoms with E-state index in [2.05, 4.69) is 30.5 Å². The molecule has 0 amide bonds. The summed E-state index contributed by atoms with van der Waals surface area (Å²) in [6, 6.07) is 10.5. The van der Waals surface area contributed by atoms with Gasteiger partial charge in [0.1, 0.15) is 23.3 Å². The average Bonchev–Trinajstić information content (AvgIpc) is 2.89. The minimum absolute atomic E-state index is 0.0348. The van der Waals surface area contributed by atoms with Crippen LogP contribution in [0.15, 0.2) is 67.1 Å². The molecule has 3 aromatic rings. The molecule has 4 rings (SSSR count). The van der Waals surface area contributed by atoms with Crippen molar-refractivity contribution in [2.75, 3.05) is 41.8 Å². The number of hydrogen-bond acceptors (Lipinski definition) is 9. The molecule has 11 nitrogen and oxygen atoms in total. The summed E-state index contributed by atoms with van der Waals surface area (Å²) in [6.45, 7) is 5.06. The summed E-state index contributed by atoms with van der Waals surface area (Å²) in [7, 11) is 0. The van der Waals surface area contributed by atoms with Gasteiger partial charge < -0.3 is 30.5 Å². The molecule has 0 aliphatic carbocycles. The van der Waals surface area contributed by atoms with Gasteiger partial charge in [-0.25, -0.2) is 23.9 Å². The van der Waals surface area contributed by atoms with Crippen LogP contribution in [-0.4, -0.2) is 63.4 Å². The highest BCUT2D eigenvalue weighted by atomic mass is 19.1. The second kappa shape index (κ2) is 13.5. The fourth-order valence-corrected chi connectivity index (χ4v) is 3.35. The van der Waals surface area contributed by atoms with E-state index in [1.165, 1.54) is 12.1 Å². The molecule has 12 heteroatoms. The Kier molecular flexibility index (Phi) is 9.85. The molecule has 37 heavy (non-hydrogen) atoms. The van der Waals surface area contributed by atoms with Gasteiger partial charge in [0.05, 0.1) is 19.4 Å². The van der Waals surface area contributed by atoms with Gasteiger partial charge in [-0.3, -0.25) is 4.98 Å². The van der Waals surface area contributed by atoms with E-state index in [0.717, 1.165) is 30.2 Å². The number of carboxylic acids is 2. The van der Waals surface area contributed by atoms with Crippen molar-refractivity contribution in [2.24, 2.45) is 0 Å². The van der Waals surface area contributed by atoms with Crippen molar-refractivity contribution < 1.29 is 28.9 Å². The number of carbonyl (C=O) groups is 2. The van der Waals surface area contributed by atoms with E-state index in [4.69, 9.17) is 14.9 Å². The van der Waals surface area contributed by atoms with Crippen LogP contribution >= 0.6 is 0 Å². The highest BCUT2D eigenvalue weighted by molar-refractivity contribution is 5.89. The number of rotatable bonds is 8. The van der Waals surface area contributed by atoms with E-state index in [1.807, 2.05) is 19.1 Å². The van der Waals surface area contributed by atoms with Crippen molar-refractivity contribution in [1.29, 1.82) is 0 Å². The number of aromatic nitrogens is 3. The first kappa shape index (κ1) is 27.0. The van der Waals surface area contributed by atoms with Crippen LogP contribution in [0.5, 0.6) is 0 Å². The zero-order valence-electron chi connectivity index (χ0n) is 20.0. The quantitative estimate of drug-likeness (QED) is 0.330. The number of morpholine rings is 1. The molecule has 1 saturated heterocycles. The van der Waals surface area contributed by atoms with E-state index in [1.54, 1.807) is 30.7 Å². The van der Waals surface area contributed by atoms with Crippen LogP contribution in [0, 0.1) is 5.82 Å². The van der Waals surface area contributed by atoms with E-state index < -0.39 is 11.9 Å². The maximum Gasteiger partial charge on any atom is 0.328 e. The summed E-state index contributed by atoms with van der Waals surface area (Å²) >= 11 is 0. The van der Waals surface area contributed by atoms with Crippen LogP contribution in [0.25, 0.3) is 0 Å². The number of anilines is 4. The molecule has 0 spiro atoms. The summed E-state index contributed by atoms with van der Waals surface area (Å²) in [6.07, 6.45) is 6.02. The zero-order chi connectivity index (χ0) is 26.6. The van der Waals surface area contributed by atoms with E-state index >= 15 is 0 Å². The van der Waals surface area contributed by atoms with Crippen molar-refractivity contribution in [3.05, 3.63) is 78.5 Å². The Hall–Kier alpha value is -4.58. The SMILES string of the molecule is C[C@H](Nc1cc(N2CCOCC2)cc(Nc2cnccn2)n1)c1ccc(F)cc1.O=C(O)/C=C\C(=O)O. The van der Waals surface area contributed by atoms with Crippen molar-refractivity contribution >= 4 is 35.1 Å². The Morgan fingerprint density at radius 3 is 2.27 bits per heavy atom. The predicted molar refractivity (Wildman–Crippen MR) is 135 cm³/mol. The van der Waals surface area contributed by atoms with Gasteiger partial charge in [-0.1, -0.05) is 12.1 Å². The smallest absolute Gasteiger partial charge is 0.328 e.